The summed E-state index contributed by atoms with van der Waals surface area (Å²) >= 11 is 2.77. The van der Waals surface area contributed by atoms with Crippen LogP contribution in [0.1, 0.15) is 0 Å². The second kappa shape index (κ2) is 5.60. The van der Waals surface area contributed by atoms with Crippen molar-refractivity contribution >= 4 is 22.2 Å². The van der Waals surface area contributed by atoms with E-state index in [4.69, 9.17) is 20.4 Å². The first-order valence-electron chi connectivity index (χ1n) is 3.29. The molecule has 0 rings (SSSR count). The first-order valence-corrected chi connectivity index (χ1v) is 4.20. The van der Waals surface area contributed by atoms with E-state index in [-0.39, 0.29) is 0 Å². The van der Waals surface area contributed by atoms with Gasteiger partial charge in [-0.1, -0.05) is 15.9 Å². The van der Waals surface area contributed by atoms with Crippen LogP contribution in [0.15, 0.2) is 0 Å². The van der Waals surface area contributed by atoms with Gasteiger partial charge in [0.1, 0.15) is 24.6 Å². The molecule has 0 saturated carbocycles. The summed E-state index contributed by atoms with van der Waals surface area (Å²) in [5.41, 5.74) is 0. The quantitative estimate of drug-likeness (QED) is 0.331. The van der Waals surface area contributed by atoms with E-state index < -0.39 is 29.7 Å². The molecule has 0 aromatic heterocycles. The normalized spacial score (nSPS) is 21.1. The predicted octanol–water partition coefficient (Wildman–Crippen LogP) is -1.98. The molecule has 0 spiro atoms. The van der Waals surface area contributed by atoms with Crippen molar-refractivity contribution in [2.45, 2.75) is 23.1 Å². The second-order valence-corrected chi connectivity index (χ2v) is 3.37. The largest absolute Gasteiger partial charge is 0.394 e. The highest BCUT2D eigenvalue weighted by atomic mass is 79.9. The Morgan fingerprint density at radius 2 is 1.75 bits per heavy atom. The molecule has 5 nitrogen and oxygen atoms in total. The van der Waals surface area contributed by atoms with Gasteiger partial charge in [-0.3, -0.25) is 0 Å². The van der Waals surface area contributed by atoms with E-state index in [0.29, 0.717) is 6.29 Å². The van der Waals surface area contributed by atoms with Gasteiger partial charge in [0.2, 0.25) is 0 Å². The van der Waals surface area contributed by atoms with Crippen molar-refractivity contribution in [3.05, 3.63) is 0 Å². The van der Waals surface area contributed by atoms with E-state index in [0.717, 1.165) is 0 Å². The lowest BCUT2D eigenvalue weighted by molar-refractivity contribution is -0.113. The number of aldehydes is 1. The van der Waals surface area contributed by atoms with Crippen LogP contribution in [-0.2, 0) is 4.79 Å². The number of hydrogen-bond donors (Lipinski definition) is 4. The topological polar surface area (TPSA) is 98.0 Å². The van der Waals surface area contributed by atoms with E-state index >= 15 is 0 Å². The number of alkyl halides is 1. The van der Waals surface area contributed by atoms with E-state index in [1.807, 2.05) is 0 Å². The van der Waals surface area contributed by atoms with Crippen LogP contribution in [0.3, 0.4) is 0 Å². The van der Waals surface area contributed by atoms with Gasteiger partial charge in [0.25, 0.3) is 0 Å². The molecule has 0 aliphatic rings. The molecule has 72 valence electrons. The minimum Gasteiger partial charge on any atom is -0.394 e. The highest BCUT2D eigenvalue weighted by Gasteiger charge is 2.29. The standard InChI is InChI=1S/C6H11BrO5/c7-3(1-8)5(11)6(12)4(10)2-9/h1,3-6,9-12H,2H2/t3-,4-,5+,6-/m1/s1. The molecule has 0 amide bonds. The van der Waals surface area contributed by atoms with Crippen LogP contribution in [0.2, 0.25) is 0 Å². The lowest BCUT2D eigenvalue weighted by atomic mass is 10.1. The molecule has 0 bridgehead atoms. The van der Waals surface area contributed by atoms with Gasteiger partial charge in [0, 0.05) is 0 Å². The van der Waals surface area contributed by atoms with Crippen LogP contribution in [-0.4, -0.2) is 56.5 Å². The van der Waals surface area contributed by atoms with E-state index in [9.17, 15) is 4.79 Å². The fourth-order valence-corrected chi connectivity index (χ4v) is 0.917. The summed E-state index contributed by atoms with van der Waals surface area (Å²) in [5.74, 6) is 0. The lowest BCUT2D eigenvalue weighted by Gasteiger charge is -2.22. The maximum atomic E-state index is 10.1. The highest BCUT2D eigenvalue weighted by Crippen LogP contribution is 2.09. The van der Waals surface area contributed by atoms with Crippen LogP contribution >= 0.6 is 15.9 Å². The van der Waals surface area contributed by atoms with Gasteiger partial charge in [-0.2, -0.15) is 0 Å². The van der Waals surface area contributed by atoms with Crippen LogP contribution in [0.25, 0.3) is 0 Å². The average molecular weight is 243 g/mol. The van der Waals surface area contributed by atoms with Crippen molar-refractivity contribution in [1.82, 2.24) is 0 Å². The zero-order valence-electron chi connectivity index (χ0n) is 6.17. The molecule has 0 unspecified atom stereocenters. The molecule has 0 aliphatic carbocycles. The Morgan fingerprint density at radius 3 is 2.08 bits per heavy atom. The molecule has 0 aromatic carbocycles. The summed E-state index contributed by atoms with van der Waals surface area (Å²) in [6.45, 7) is -0.670. The van der Waals surface area contributed by atoms with Gasteiger partial charge in [-0.15, -0.1) is 0 Å². The highest BCUT2D eigenvalue weighted by molar-refractivity contribution is 9.10. The molecule has 0 saturated heterocycles. The van der Waals surface area contributed by atoms with Crippen molar-refractivity contribution < 1.29 is 25.2 Å². The Bertz CT molecular complexity index is 142. The molecule has 0 heterocycles. The Morgan fingerprint density at radius 1 is 1.25 bits per heavy atom. The third-order valence-corrected chi connectivity index (χ3v) is 2.14. The van der Waals surface area contributed by atoms with E-state index in [2.05, 4.69) is 15.9 Å². The Labute approximate surface area is 77.8 Å². The number of carbonyl (C=O) groups excluding carboxylic acids is 1. The summed E-state index contributed by atoms with van der Waals surface area (Å²) in [4.78, 5) is 9.15. The van der Waals surface area contributed by atoms with Crippen LogP contribution in [0.5, 0.6) is 0 Å². The maximum Gasteiger partial charge on any atom is 0.136 e. The smallest absolute Gasteiger partial charge is 0.136 e. The zero-order valence-corrected chi connectivity index (χ0v) is 7.75. The van der Waals surface area contributed by atoms with Crippen LogP contribution in [0.4, 0.5) is 0 Å². The van der Waals surface area contributed by atoms with Gasteiger partial charge in [0.15, 0.2) is 0 Å². The molecule has 0 fully saturated rings. The summed E-state index contributed by atoms with van der Waals surface area (Å²) in [6.07, 6.45) is -4.02. The Kier molecular flexibility index (Phi) is 5.60. The number of aliphatic hydroxyl groups is 4. The van der Waals surface area contributed by atoms with E-state index in [1.165, 1.54) is 0 Å². The fourth-order valence-electron chi connectivity index (χ4n) is 0.604. The summed E-state index contributed by atoms with van der Waals surface area (Å²) in [7, 11) is 0. The average Bonchev–Trinajstić information content (AvgIpc) is 2.12. The second-order valence-electron chi connectivity index (χ2n) is 2.31. The minimum absolute atomic E-state index is 0.387. The van der Waals surface area contributed by atoms with Crippen molar-refractivity contribution in [3.8, 4) is 0 Å². The molecule has 12 heavy (non-hydrogen) atoms. The third-order valence-electron chi connectivity index (χ3n) is 1.39. The molecule has 4 N–H and O–H groups in total. The zero-order chi connectivity index (χ0) is 9.72. The summed E-state index contributed by atoms with van der Waals surface area (Å²) in [5, 5.41) is 35.4. The number of hydrogen-bond acceptors (Lipinski definition) is 5. The third kappa shape index (κ3) is 3.16. The van der Waals surface area contributed by atoms with Gasteiger partial charge in [0.05, 0.1) is 11.4 Å². The SMILES string of the molecule is O=C[C@@H](Br)[C@H](O)[C@H](O)[C@H](O)CO. The number of halogens is 1. The number of carbonyl (C=O) groups is 1. The van der Waals surface area contributed by atoms with Gasteiger partial charge in [-0.25, -0.2) is 0 Å². The molecule has 0 aliphatic heterocycles. The first-order chi connectivity index (χ1) is 5.54. The molecule has 6 heteroatoms. The molecule has 4 atom stereocenters. The Balaban J connectivity index is 4.07. The van der Waals surface area contributed by atoms with Gasteiger partial charge in [-0.05, 0) is 0 Å². The Hall–Kier alpha value is -0.0100. The maximum absolute atomic E-state index is 10.1. The van der Waals surface area contributed by atoms with Crippen molar-refractivity contribution in [3.63, 3.8) is 0 Å². The van der Waals surface area contributed by atoms with E-state index in [1.54, 1.807) is 0 Å². The monoisotopic (exact) mass is 242 g/mol. The fraction of sp³-hybridized carbons (Fsp3) is 0.833. The van der Waals surface area contributed by atoms with Gasteiger partial charge < -0.3 is 25.2 Å². The van der Waals surface area contributed by atoms with Gasteiger partial charge >= 0.3 is 0 Å². The molecular weight excluding hydrogens is 232 g/mol. The molecule has 0 radical (unpaired) electrons. The minimum atomic E-state index is -1.54. The first kappa shape index (κ1) is 12.0. The predicted molar refractivity (Wildman–Crippen MR) is 43.9 cm³/mol. The lowest BCUT2D eigenvalue weighted by Crippen LogP contribution is -2.44. The van der Waals surface area contributed by atoms with Crippen molar-refractivity contribution in [2.24, 2.45) is 0 Å². The number of rotatable bonds is 5. The van der Waals surface area contributed by atoms with Crippen molar-refractivity contribution in [1.29, 1.82) is 0 Å². The summed E-state index contributed by atoms with van der Waals surface area (Å²) in [6, 6.07) is 0. The molecular formula is C6H11BrO5. The van der Waals surface area contributed by atoms with Crippen LogP contribution < -0.4 is 0 Å². The van der Waals surface area contributed by atoms with Crippen LogP contribution in [0, 0.1) is 0 Å². The number of aliphatic hydroxyl groups excluding tert-OH is 4. The molecule has 0 aromatic rings. The summed E-state index contributed by atoms with van der Waals surface area (Å²) < 4.78 is 0. The van der Waals surface area contributed by atoms with Crippen molar-refractivity contribution in [2.75, 3.05) is 6.61 Å².